The summed E-state index contributed by atoms with van der Waals surface area (Å²) in [5.41, 5.74) is 0.630. The SMILES string of the molecule is Cc1ccc(OP)cc1F. The van der Waals surface area contributed by atoms with Gasteiger partial charge in [-0.3, -0.25) is 0 Å². The first-order chi connectivity index (χ1) is 4.74. The maximum atomic E-state index is 12.7. The van der Waals surface area contributed by atoms with Gasteiger partial charge in [0.1, 0.15) is 11.6 Å². The topological polar surface area (TPSA) is 9.23 Å². The molecular formula is C7H8FOP. The first kappa shape index (κ1) is 7.49. The predicted molar refractivity (Wildman–Crippen MR) is 41.5 cm³/mol. The first-order valence-corrected chi connectivity index (χ1v) is 3.34. The standard InChI is InChI=1S/C7H8FOP/c1-5-2-3-6(9-10)4-7(5)8/h2-4H,10H2,1H3. The summed E-state index contributed by atoms with van der Waals surface area (Å²) in [7, 11) is 2.07. The number of aryl methyl sites for hydroxylation is 1. The Balaban J connectivity index is 3.04. The van der Waals surface area contributed by atoms with Crippen LogP contribution in [-0.4, -0.2) is 0 Å². The van der Waals surface area contributed by atoms with E-state index in [1.807, 2.05) is 0 Å². The van der Waals surface area contributed by atoms with E-state index in [0.29, 0.717) is 11.3 Å². The maximum Gasteiger partial charge on any atom is 0.129 e. The molecule has 3 heteroatoms. The normalized spacial score (nSPS) is 9.50. The predicted octanol–water partition coefficient (Wildman–Crippen LogP) is 2.30. The van der Waals surface area contributed by atoms with Gasteiger partial charge < -0.3 is 4.52 Å². The minimum atomic E-state index is -0.236. The summed E-state index contributed by atoms with van der Waals surface area (Å²) < 4.78 is 17.4. The van der Waals surface area contributed by atoms with Gasteiger partial charge in [0.2, 0.25) is 0 Å². The second-order valence-electron chi connectivity index (χ2n) is 2.03. The fourth-order valence-corrected chi connectivity index (χ4v) is 0.794. The van der Waals surface area contributed by atoms with Crippen LogP contribution in [0.3, 0.4) is 0 Å². The van der Waals surface area contributed by atoms with Crippen LogP contribution in [0.15, 0.2) is 18.2 Å². The van der Waals surface area contributed by atoms with Gasteiger partial charge in [0.15, 0.2) is 0 Å². The lowest BCUT2D eigenvalue weighted by Crippen LogP contribution is -1.81. The van der Waals surface area contributed by atoms with E-state index in [1.165, 1.54) is 6.07 Å². The molecule has 1 aromatic rings. The van der Waals surface area contributed by atoms with Gasteiger partial charge in [-0.2, -0.15) is 0 Å². The number of halogens is 1. The van der Waals surface area contributed by atoms with Crippen molar-refractivity contribution in [3.8, 4) is 5.75 Å². The summed E-state index contributed by atoms with van der Waals surface area (Å²) in [6.07, 6.45) is 0. The minimum absolute atomic E-state index is 0.236. The molecule has 1 rings (SSSR count). The van der Waals surface area contributed by atoms with Gasteiger partial charge in [-0.25, -0.2) is 4.39 Å². The van der Waals surface area contributed by atoms with Crippen LogP contribution in [-0.2, 0) is 0 Å². The molecule has 0 aliphatic carbocycles. The van der Waals surface area contributed by atoms with Crippen LogP contribution < -0.4 is 4.52 Å². The van der Waals surface area contributed by atoms with Crippen LogP contribution in [0.4, 0.5) is 4.39 Å². The van der Waals surface area contributed by atoms with Gasteiger partial charge in [-0.05, 0) is 18.6 Å². The van der Waals surface area contributed by atoms with E-state index in [9.17, 15) is 4.39 Å². The Kier molecular flexibility index (Phi) is 2.23. The summed E-state index contributed by atoms with van der Waals surface area (Å²) in [6.45, 7) is 1.71. The lowest BCUT2D eigenvalue weighted by molar-refractivity contribution is 0.593. The molecule has 0 saturated carbocycles. The lowest BCUT2D eigenvalue weighted by Gasteiger charge is -1.99. The third-order valence-corrected chi connectivity index (χ3v) is 1.55. The van der Waals surface area contributed by atoms with Gasteiger partial charge in [0.05, 0.1) is 9.47 Å². The van der Waals surface area contributed by atoms with Crippen molar-refractivity contribution in [2.45, 2.75) is 6.92 Å². The number of hydrogen-bond acceptors (Lipinski definition) is 1. The number of rotatable bonds is 1. The zero-order valence-corrected chi connectivity index (χ0v) is 6.75. The van der Waals surface area contributed by atoms with Crippen LogP contribution in [0.25, 0.3) is 0 Å². The highest BCUT2D eigenvalue weighted by molar-refractivity contribution is 7.10. The van der Waals surface area contributed by atoms with Crippen LogP contribution >= 0.6 is 9.47 Å². The first-order valence-electron chi connectivity index (χ1n) is 2.87. The minimum Gasteiger partial charge on any atom is -0.480 e. The summed E-state index contributed by atoms with van der Waals surface area (Å²) in [5.74, 6) is 0.285. The maximum absolute atomic E-state index is 12.7. The van der Waals surface area contributed by atoms with Gasteiger partial charge in [-0.15, -0.1) is 0 Å². The van der Waals surface area contributed by atoms with E-state index in [1.54, 1.807) is 19.1 Å². The summed E-state index contributed by atoms with van der Waals surface area (Å²) in [4.78, 5) is 0. The fraction of sp³-hybridized carbons (Fsp3) is 0.143. The average Bonchev–Trinajstić information content (AvgIpc) is 1.95. The molecular weight excluding hydrogens is 150 g/mol. The Morgan fingerprint density at radius 1 is 1.50 bits per heavy atom. The highest BCUT2D eigenvalue weighted by atomic mass is 31.0. The van der Waals surface area contributed by atoms with E-state index < -0.39 is 0 Å². The molecule has 0 N–H and O–H groups in total. The third kappa shape index (κ3) is 1.45. The van der Waals surface area contributed by atoms with E-state index >= 15 is 0 Å². The van der Waals surface area contributed by atoms with Crippen molar-refractivity contribution in [3.05, 3.63) is 29.6 Å². The Hall–Kier alpha value is -0.620. The molecule has 10 heavy (non-hydrogen) atoms. The molecule has 0 spiro atoms. The molecule has 0 heterocycles. The molecule has 0 radical (unpaired) electrons. The van der Waals surface area contributed by atoms with Crippen molar-refractivity contribution in [1.82, 2.24) is 0 Å². The molecule has 1 nitrogen and oxygen atoms in total. The van der Waals surface area contributed by atoms with Gasteiger partial charge in [0.25, 0.3) is 0 Å². The molecule has 0 saturated heterocycles. The zero-order valence-electron chi connectivity index (χ0n) is 5.60. The quantitative estimate of drug-likeness (QED) is 0.570. The fourth-order valence-electron chi connectivity index (χ4n) is 0.647. The van der Waals surface area contributed by atoms with Crippen molar-refractivity contribution in [2.24, 2.45) is 0 Å². The summed E-state index contributed by atoms with van der Waals surface area (Å²) in [5, 5.41) is 0. The highest BCUT2D eigenvalue weighted by Crippen LogP contribution is 2.16. The molecule has 54 valence electrons. The molecule has 0 amide bonds. The van der Waals surface area contributed by atoms with Crippen molar-refractivity contribution in [1.29, 1.82) is 0 Å². The van der Waals surface area contributed by atoms with Crippen molar-refractivity contribution in [3.63, 3.8) is 0 Å². The monoisotopic (exact) mass is 158 g/mol. The average molecular weight is 158 g/mol. The molecule has 0 fully saturated rings. The van der Waals surface area contributed by atoms with E-state index in [0.717, 1.165) is 0 Å². The molecule has 0 aromatic heterocycles. The van der Waals surface area contributed by atoms with Crippen molar-refractivity contribution >= 4 is 9.47 Å². The summed E-state index contributed by atoms with van der Waals surface area (Å²) >= 11 is 0. The Labute approximate surface area is 61.5 Å². The van der Waals surface area contributed by atoms with Crippen LogP contribution in [0.1, 0.15) is 5.56 Å². The van der Waals surface area contributed by atoms with Crippen LogP contribution in [0, 0.1) is 12.7 Å². The second-order valence-corrected chi connectivity index (χ2v) is 2.26. The molecule has 1 aromatic carbocycles. The van der Waals surface area contributed by atoms with E-state index in [-0.39, 0.29) is 5.82 Å². The zero-order chi connectivity index (χ0) is 7.56. The second kappa shape index (κ2) is 2.98. The third-order valence-electron chi connectivity index (χ3n) is 1.28. The van der Waals surface area contributed by atoms with Crippen LogP contribution in [0.5, 0.6) is 5.75 Å². The highest BCUT2D eigenvalue weighted by Gasteiger charge is 1.97. The smallest absolute Gasteiger partial charge is 0.129 e. The number of benzene rings is 1. The molecule has 1 atom stereocenters. The van der Waals surface area contributed by atoms with Gasteiger partial charge in [-0.1, -0.05) is 6.07 Å². The Morgan fingerprint density at radius 2 is 2.20 bits per heavy atom. The van der Waals surface area contributed by atoms with E-state index in [4.69, 9.17) is 4.52 Å². The van der Waals surface area contributed by atoms with Crippen LogP contribution in [0.2, 0.25) is 0 Å². The van der Waals surface area contributed by atoms with Crippen molar-refractivity contribution in [2.75, 3.05) is 0 Å². The largest absolute Gasteiger partial charge is 0.480 e. The number of hydrogen-bond donors (Lipinski definition) is 0. The van der Waals surface area contributed by atoms with E-state index in [2.05, 4.69) is 9.47 Å². The Morgan fingerprint density at radius 3 is 2.70 bits per heavy atom. The molecule has 1 unspecified atom stereocenters. The van der Waals surface area contributed by atoms with Crippen molar-refractivity contribution < 1.29 is 8.91 Å². The Bertz CT molecular complexity index is 237. The molecule has 0 aliphatic heterocycles. The molecule has 0 aliphatic rings. The van der Waals surface area contributed by atoms with Gasteiger partial charge in [0, 0.05) is 6.07 Å². The van der Waals surface area contributed by atoms with Gasteiger partial charge >= 0.3 is 0 Å². The molecule has 0 bridgehead atoms. The lowest BCUT2D eigenvalue weighted by atomic mass is 10.2. The summed E-state index contributed by atoms with van der Waals surface area (Å²) in [6, 6.07) is 4.74.